The molecule has 0 fully saturated rings. The Morgan fingerprint density at radius 3 is 2.59 bits per heavy atom. The van der Waals surface area contributed by atoms with Gasteiger partial charge in [-0.1, -0.05) is 30.3 Å². The number of hydrogen-bond acceptors (Lipinski definition) is 5. The summed E-state index contributed by atoms with van der Waals surface area (Å²) in [5.41, 5.74) is 8.59. The summed E-state index contributed by atoms with van der Waals surface area (Å²) in [4.78, 5) is 4.28. The van der Waals surface area contributed by atoms with E-state index in [9.17, 15) is 0 Å². The summed E-state index contributed by atoms with van der Waals surface area (Å²) in [7, 11) is 1.63. The molecule has 0 unspecified atom stereocenters. The lowest BCUT2D eigenvalue weighted by Gasteiger charge is -2.11. The normalized spacial score (nSPS) is 10.4. The Hall–Kier alpha value is -2.53. The van der Waals surface area contributed by atoms with Gasteiger partial charge in [-0.05, 0) is 23.8 Å². The van der Waals surface area contributed by atoms with Crippen molar-refractivity contribution in [2.24, 2.45) is 0 Å². The molecule has 0 atom stereocenters. The van der Waals surface area contributed by atoms with Gasteiger partial charge in [0, 0.05) is 10.9 Å². The summed E-state index contributed by atoms with van der Waals surface area (Å²) >= 11 is 1.42. The van der Waals surface area contributed by atoms with Crippen LogP contribution in [0.5, 0.6) is 11.5 Å². The van der Waals surface area contributed by atoms with Crippen LogP contribution in [0.4, 0.5) is 5.13 Å². The van der Waals surface area contributed by atoms with Crippen LogP contribution in [0, 0.1) is 0 Å². The fourth-order valence-corrected chi connectivity index (χ4v) is 2.67. The van der Waals surface area contributed by atoms with Crippen molar-refractivity contribution in [2.45, 2.75) is 6.61 Å². The molecule has 0 aliphatic carbocycles. The van der Waals surface area contributed by atoms with Crippen LogP contribution in [0.3, 0.4) is 0 Å². The van der Waals surface area contributed by atoms with E-state index < -0.39 is 0 Å². The second kappa shape index (κ2) is 6.49. The lowest BCUT2D eigenvalue weighted by Crippen LogP contribution is -1.97. The highest BCUT2D eigenvalue weighted by atomic mass is 32.1. The standard InChI is InChI=1S/C17H16N2O2S/c1-20-16-9-13(14-11-22-17(18)19-14)7-8-15(16)21-10-12-5-3-2-4-6-12/h2-9,11H,10H2,1H3,(H2,18,19). The Morgan fingerprint density at radius 1 is 1.09 bits per heavy atom. The molecule has 0 bridgehead atoms. The second-order valence-electron chi connectivity index (χ2n) is 4.71. The molecule has 3 aromatic rings. The molecule has 0 aliphatic rings. The molecule has 0 radical (unpaired) electrons. The number of nitrogens with zero attached hydrogens (tertiary/aromatic N) is 1. The number of ether oxygens (including phenoxy) is 2. The van der Waals surface area contributed by atoms with Crippen molar-refractivity contribution in [2.75, 3.05) is 12.8 Å². The molecule has 0 spiro atoms. The fourth-order valence-electron chi connectivity index (χ4n) is 2.10. The van der Waals surface area contributed by atoms with Crippen LogP contribution in [-0.2, 0) is 6.61 Å². The van der Waals surface area contributed by atoms with E-state index in [1.54, 1.807) is 7.11 Å². The van der Waals surface area contributed by atoms with Crippen molar-refractivity contribution in [3.05, 3.63) is 59.5 Å². The highest BCUT2D eigenvalue weighted by Gasteiger charge is 2.09. The third-order valence-electron chi connectivity index (χ3n) is 3.22. The Kier molecular flexibility index (Phi) is 4.25. The van der Waals surface area contributed by atoms with E-state index in [1.165, 1.54) is 11.3 Å². The second-order valence-corrected chi connectivity index (χ2v) is 5.60. The molecule has 2 aromatic carbocycles. The number of rotatable bonds is 5. The topological polar surface area (TPSA) is 57.4 Å². The predicted octanol–water partition coefficient (Wildman–Crippen LogP) is 3.98. The molecule has 4 nitrogen and oxygen atoms in total. The number of aromatic nitrogens is 1. The van der Waals surface area contributed by atoms with E-state index in [4.69, 9.17) is 15.2 Å². The molecule has 0 saturated heterocycles. The molecule has 112 valence electrons. The summed E-state index contributed by atoms with van der Waals surface area (Å²) in [5, 5.41) is 2.48. The first-order valence-corrected chi connectivity index (χ1v) is 7.70. The number of nitrogens with two attached hydrogens (primary N) is 1. The predicted molar refractivity (Wildman–Crippen MR) is 89.3 cm³/mol. The zero-order valence-electron chi connectivity index (χ0n) is 12.2. The van der Waals surface area contributed by atoms with Crippen LogP contribution in [-0.4, -0.2) is 12.1 Å². The molecule has 2 N–H and O–H groups in total. The lowest BCUT2D eigenvalue weighted by atomic mass is 10.1. The minimum atomic E-state index is 0.500. The Balaban J connectivity index is 1.80. The van der Waals surface area contributed by atoms with Crippen molar-refractivity contribution in [1.29, 1.82) is 0 Å². The van der Waals surface area contributed by atoms with E-state index in [0.717, 1.165) is 16.8 Å². The summed E-state index contributed by atoms with van der Waals surface area (Å²) in [6.45, 7) is 0.500. The number of benzene rings is 2. The molecule has 0 aliphatic heterocycles. The SMILES string of the molecule is COc1cc(-c2csc(N)n2)ccc1OCc1ccccc1. The molecule has 0 saturated carbocycles. The van der Waals surface area contributed by atoms with E-state index in [-0.39, 0.29) is 0 Å². The van der Waals surface area contributed by atoms with Gasteiger partial charge < -0.3 is 15.2 Å². The van der Waals surface area contributed by atoms with Gasteiger partial charge in [0.15, 0.2) is 16.6 Å². The maximum absolute atomic E-state index is 5.84. The summed E-state index contributed by atoms with van der Waals surface area (Å²) in [5.74, 6) is 1.39. The monoisotopic (exact) mass is 312 g/mol. The molecule has 1 heterocycles. The van der Waals surface area contributed by atoms with Crippen LogP contribution in [0.2, 0.25) is 0 Å². The van der Waals surface area contributed by atoms with Gasteiger partial charge in [-0.3, -0.25) is 0 Å². The van der Waals surface area contributed by atoms with Gasteiger partial charge in [0.1, 0.15) is 6.61 Å². The largest absolute Gasteiger partial charge is 0.493 e. The van der Waals surface area contributed by atoms with E-state index in [2.05, 4.69) is 4.98 Å². The zero-order valence-corrected chi connectivity index (χ0v) is 13.0. The number of methoxy groups -OCH3 is 1. The smallest absolute Gasteiger partial charge is 0.180 e. The average Bonchev–Trinajstić information content (AvgIpc) is 3.00. The molecule has 5 heteroatoms. The van der Waals surface area contributed by atoms with Crippen molar-refractivity contribution in [1.82, 2.24) is 4.98 Å². The molecule has 3 rings (SSSR count). The quantitative estimate of drug-likeness (QED) is 0.774. The first-order valence-electron chi connectivity index (χ1n) is 6.82. The van der Waals surface area contributed by atoms with Gasteiger partial charge in [-0.25, -0.2) is 4.98 Å². The number of thiazole rings is 1. The van der Waals surface area contributed by atoms with Gasteiger partial charge in [0.2, 0.25) is 0 Å². The minimum Gasteiger partial charge on any atom is -0.493 e. The van der Waals surface area contributed by atoms with Crippen LogP contribution in [0.15, 0.2) is 53.9 Å². The lowest BCUT2D eigenvalue weighted by molar-refractivity contribution is 0.284. The first kappa shape index (κ1) is 14.4. The van der Waals surface area contributed by atoms with Crippen molar-refractivity contribution in [3.63, 3.8) is 0 Å². The number of nitrogen functional groups attached to an aromatic ring is 1. The molecule has 1 aromatic heterocycles. The number of hydrogen-bond donors (Lipinski definition) is 1. The van der Waals surface area contributed by atoms with E-state index >= 15 is 0 Å². The summed E-state index contributed by atoms with van der Waals surface area (Å²) in [6.07, 6.45) is 0. The zero-order chi connectivity index (χ0) is 15.4. The van der Waals surface area contributed by atoms with Gasteiger partial charge in [0.25, 0.3) is 0 Å². The highest BCUT2D eigenvalue weighted by Crippen LogP contribution is 2.33. The van der Waals surface area contributed by atoms with Crippen molar-refractivity contribution in [3.8, 4) is 22.8 Å². The van der Waals surface area contributed by atoms with E-state index in [1.807, 2.05) is 53.9 Å². The van der Waals surface area contributed by atoms with Crippen molar-refractivity contribution >= 4 is 16.5 Å². The first-order chi connectivity index (χ1) is 10.8. The fraction of sp³-hybridized carbons (Fsp3) is 0.118. The minimum absolute atomic E-state index is 0.500. The Bertz CT molecular complexity index is 756. The van der Waals surface area contributed by atoms with Crippen molar-refractivity contribution < 1.29 is 9.47 Å². The molecular formula is C17H16N2O2S. The maximum atomic E-state index is 5.84. The number of anilines is 1. The average molecular weight is 312 g/mol. The maximum Gasteiger partial charge on any atom is 0.180 e. The molecule has 22 heavy (non-hydrogen) atoms. The molecule has 0 amide bonds. The summed E-state index contributed by atoms with van der Waals surface area (Å²) < 4.78 is 11.3. The Labute approximate surface area is 133 Å². The Morgan fingerprint density at radius 2 is 1.91 bits per heavy atom. The van der Waals surface area contributed by atoms with Crippen LogP contribution >= 0.6 is 11.3 Å². The van der Waals surface area contributed by atoms with Crippen LogP contribution in [0.1, 0.15) is 5.56 Å². The molecular weight excluding hydrogens is 296 g/mol. The van der Waals surface area contributed by atoms with Crippen LogP contribution < -0.4 is 15.2 Å². The van der Waals surface area contributed by atoms with Gasteiger partial charge in [0.05, 0.1) is 12.8 Å². The highest BCUT2D eigenvalue weighted by molar-refractivity contribution is 7.13. The van der Waals surface area contributed by atoms with Gasteiger partial charge in [-0.2, -0.15) is 0 Å². The van der Waals surface area contributed by atoms with Crippen LogP contribution in [0.25, 0.3) is 11.3 Å². The van der Waals surface area contributed by atoms with E-state index in [0.29, 0.717) is 23.2 Å². The van der Waals surface area contributed by atoms with Gasteiger partial charge in [-0.15, -0.1) is 11.3 Å². The summed E-state index contributed by atoms with van der Waals surface area (Å²) in [6, 6.07) is 15.8. The third-order valence-corrected chi connectivity index (χ3v) is 3.89. The van der Waals surface area contributed by atoms with Gasteiger partial charge >= 0.3 is 0 Å². The third kappa shape index (κ3) is 3.20.